The molecule has 0 unspecified atom stereocenters. The van der Waals surface area contributed by atoms with Gasteiger partial charge in [-0.05, 0) is 40.5 Å². The zero-order valence-corrected chi connectivity index (χ0v) is 16.2. The maximum atomic E-state index is 12.3. The number of hydrogen-bond donors (Lipinski definition) is 1. The van der Waals surface area contributed by atoms with Crippen LogP contribution >= 0.6 is 15.9 Å². The summed E-state index contributed by atoms with van der Waals surface area (Å²) >= 11 is 3.35. The lowest BCUT2D eigenvalue weighted by molar-refractivity contribution is -0.147. The standard InChI is InChI=1S/C17H16BrN5O4/c1-10-3-4-13(12(18)5-10)21-14(24)8-27-15(25)7-23-9-19-16-11(17(23)26)6-20-22(16)2/h3-6,9H,7-8H2,1-2H3,(H,21,24). The zero-order valence-electron chi connectivity index (χ0n) is 14.6. The highest BCUT2D eigenvalue weighted by atomic mass is 79.9. The van der Waals surface area contributed by atoms with Crippen molar-refractivity contribution < 1.29 is 14.3 Å². The molecule has 3 aromatic rings. The first-order valence-electron chi connectivity index (χ1n) is 7.94. The molecule has 0 bridgehead atoms. The average molecular weight is 434 g/mol. The Morgan fingerprint density at radius 1 is 1.33 bits per heavy atom. The van der Waals surface area contributed by atoms with Gasteiger partial charge >= 0.3 is 5.97 Å². The molecule has 0 aliphatic rings. The molecule has 0 saturated carbocycles. The molecule has 3 rings (SSSR count). The normalized spacial score (nSPS) is 10.8. The highest BCUT2D eigenvalue weighted by Crippen LogP contribution is 2.23. The van der Waals surface area contributed by atoms with Crippen LogP contribution in [-0.2, 0) is 27.9 Å². The van der Waals surface area contributed by atoms with Gasteiger partial charge in [0, 0.05) is 11.5 Å². The van der Waals surface area contributed by atoms with Crippen LogP contribution in [0, 0.1) is 6.92 Å². The molecule has 9 nitrogen and oxygen atoms in total. The topological polar surface area (TPSA) is 108 Å². The summed E-state index contributed by atoms with van der Waals surface area (Å²) < 4.78 is 8.24. The SMILES string of the molecule is Cc1ccc(NC(=O)COC(=O)Cn2cnc3c(cnn3C)c2=O)c(Br)c1. The Balaban J connectivity index is 1.59. The van der Waals surface area contributed by atoms with Crippen molar-refractivity contribution in [3.8, 4) is 0 Å². The van der Waals surface area contributed by atoms with E-state index in [1.807, 2.05) is 19.1 Å². The molecular weight excluding hydrogens is 418 g/mol. The quantitative estimate of drug-likeness (QED) is 0.608. The number of fused-ring (bicyclic) bond motifs is 1. The molecule has 1 amide bonds. The molecule has 0 radical (unpaired) electrons. The van der Waals surface area contributed by atoms with Crippen molar-refractivity contribution in [3.63, 3.8) is 0 Å². The maximum absolute atomic E-state index is 12.3. The molecular formula is C17H16BrN5O4. The third kappa shape index (κ3) is 4.22. The first-order valence-corrected chi connectivity index (χ1v) is 8.73. The lowest BCUT2D eigenvalue weighted by Crippen LogP contribution is -2.28. The number of aromatic nitrogens is 4. The van der Waals surface area contributed by atoms with Crippen LogP contribution in [0.4, 0.5) is 5.69 Å². The van der Waals surface area contributed by atoms with Gasteiger partial charge in [0.05, 0.1) is 11.9 Å². The minimum absolute atomic E-state index is 0.301. The molecule has 10 heteroatoms. The van der Waals surface area contributed by atoms with Crippen LogP contribution < -0.4 is 10.9 Å². The van der Waals surface area contributed by atoms with Gasteiger partial charge < -0.3 is 10.1 Å². The van der Waals surface area contributed by atoms with Gasteiger partial charge in [0.1, 0.15) is 18.3 Å². The minimum atomic E-state index is -0.722. The van der Waals surface area contributed by atoms with Gasteiger partial charge in [-0.25, -0.2) is 4.98 Å². The van der Waals surface area contributed by atoms with E-state index in [0.29, 0.717) is 16.7 Å². The van der Waals surface area contributed by atoms with Gasteiger partial charge in [-0.2, -0.15) is 5.10 Å². The zero-order chi connectivity index (χ0) is 19.6. The number of nitrogens with zero attached hydrogens (tertiary/aromatic N) is 4. The number of ether oxygens (including phenoxy) is 1. The van der Waals surface area contributed by atoms with Crippen molar-refractivity contribution >= 4 is 44.5 Å². The van der Waals surface area contributed by atoms with Crippen LogP contribution in [0.3, 0.4) is 0 Å². The van der Waals surface area contributed by atoms with Crippen LogP contribution in [0.2, 0.25) is 0 Å². The number of amides is 1. The summed E-state index contributed by atoms with van der Waals surface area (Å²) in [5.41, 5.74) is 1.63. The van der Waals surface area contributed by atoms with E-state index in [9.17, 15) is 14.4 Å². The summed E-state index contributed by atoms with van der Waals surface area (Å²) in [5, 5.41) is 6.90. The molecule has 0 atom stereocenters. The lowest BCUT2D eigenvalue weighted by atomic mass is 10.2. The predicted octanol–water partition coefficient (Wildman–Crippen LogP) is 1.38. The third-order valence-corrected chi connectivity index (χ3v) is 4.44. The van der Waals surface area contributed by atoms with E-state index >= 15 is 0 Å². The number of carbonyl (C=O) groups is 2. The molecule has 0 aliphatic heterocycles. The molecule has 0 aliphatic carbocycles. The molecule has 27 heavy (non-hydrogen) atoms. The van der Waals surface area contributed by atoms with Gasteiger partial charge in [-0.3, -0.25) is 23.6 Å². The van der Waals surface area contributed by atoms with Gasteiger partial charge in [-0.15, -0.1) is 0 Å². The Hall–Kier alpha value is -3.01. The average Bonchev–Trinajstić information content (AvgIpc) is 3.00. The van der Waals surface area contributed by atoms with Crippen LogP contribution in [0.1, 0.15) is 5.56 Å². The number of halogens is 1. The Kier molecular flexibility index (Phi) is 5.36. The van der Waals surface area contributed by atoms with Crippen molar-refractivity contribution in [2.75, 3.05) is 11.9 Å². The fourth-order valence-corrected chi connectivity index (χ4v) is 3.01. The highest BCUT2D eigenvalue weighted by Gasteiger charge is 2.13. The van der Waals surface area contributed by atoms with Gasteiger partial charge in [0.25, 0.3) is 11.5 Å². The van der Waals surface area contributed by atoms with Crippen LogP contribution in [0.15, 0.2) is 40.0 Å². The van der Waals surface area contributed by atoms with Gasteiger partial charge in [-0.1, -0.05) is 6.07 Å². The van der Waals surface area contributed by atoms with E-state index in [-0.39, 0.29) is 6.54 Å². The number of carbonyl (C=O) groups excluding carboxylic acids is 2. The number of esters is 1. The number of anilines is 1. The molecule has 140 valence electrons. The highest BCUT2D eigenvalue weighted by molar-refractivity contribution is 9.10. The van der Waals surface area contributed by atoms with E-state index in [4.69, 9.17) is 4.74 Å². The van der Waals surface area contributed by atoms with E-state index in [2.05, 4.69) is 31.3 Å². The Bertz CT molecular complexity index is 1090. The Morgan fingerprint density at radius 3 is 2.85 bits per heavy atom. The van der Waals surface area contributed by atoms with Crippen molar-refractivity contribution in [1.29, 1.82) is 0 Å². The second-order valence-electron chi connectivity index (χ2n) is 5.88. The molecule has 2 aromatic heterocycles. The summed E-state index contributed by atoms with van der Waals surface area (Å²) in [6, 6.07) is 5.45. The first-order chi connectivity index (χ1) is 12.8. The Labute approximate surface area is 162 Å². The van der Waals surface area contributed by atoms with Crippen LogP contribution in [0.25, 0.3) is 11.0 Å². The smallest absolute Gasteiger partial charge is 0.326 e. The second kappa shape index (κ2) is 7.70. The fraction of sp³-hybridized carbons (Fsp3) is 0.235. The number of benzene rings is 1. The lowest BCUT2D eigenvalue weighted by Gasteiger charge is -2.09. The summed E-state index contributed by atoms with van der Waals surface area (Å²) in [6.45, 7) is 1.12. The molecule has 1 N–H and O–H groups in total. The number of rotatable bonds is 5. The van der Waals surface area contributed by atoms with E-state index in [1.54, 1.807) is 13.1 Å². The minimum Gasteiger partial charge on any atom is -0.454 e. The van der Waals surface area contributed by atoms with E-state index in [1.165, 1.54) is 17.2 Å². The van der Waals surface area contributed by atoms with E-state index < -0.39 is 24.0 Å². The third-order valence-electron chi connectivity index (χ3n) is 3.78. The van der Waals surface area contributed by atoms with Crippen molar-refractivity contribution in [1.82, 2.24) is 19.3 Å². The van der Waals surface area contributed by atoms with Crippen LogP contribution in [-0.4, -0.2) is 37.8 Å². The molecule has 0 fully saturated rings. The maximum Gasteiger partial charge on any atom is 0.326 e. The van der Waals surface area contributed by atoms with Crippen molar-refractivity contribution in [3.05, 3.63) is 51.1 Å². The monoisotopic (exact) mass is 433 g/mol. The summed E-state index contributed by atoms with van der Waals surface area (Å²) in [5.74, 6) is -1.21. The predicted molar refractivity (Wildman–Crippen MR) is 101 cm³/mol. The summed E-state index contributed by atoms with van der Waals surface area (Å²) in [6.07, 6.45) is 2.64. The number of hydrogen-bond acceptors (Lipinski definition) is 6. The van der Waals surface area contributed by atoms with Crippen molar-refractivity contribution in [2.24, 2.45) is 7.05 Å². The summed E-state index contributed by atoms with van der Waals surface area (Å²) in [4.78, 5) is 40.3. The molecule has 0 spiro atoms. The molecule has 2 heterocycles. The van der Waals surface area contributed by atoms with Gasteiger partial charge in [0.15, 0.2) is 12.3 Å². The number of nitrogens with one attached hydrogen (secondary N) is 1. The first kappa shape index (κ1) is 18.8. The Morgan fingerprint density at radius 2 is 2.11 bits per heavy atom. The van der Waals surface area contributed by atoms with Crippen LogP contribution in [0.5, 0.6) is 0 Å². The molecule has 1 aromatic carbocycles. The summed E-state index contributed by atoms with van der Waals surface area (Å²) in [7, 11) is 1.67. The molecule has 0 saturated heterocycles. The van der Waals surface area contributed by atoms with Gasteiger partial charge in [0.2, 0.25) is 0 Å². The van der Waals surface area contributed by atoms with Crippen molar-refractivity contribution in [2.45, 2.75) is 13.5 Å². The van der Waals surface area contributed by atoms with E-state index in [0.717, 1.165) is 14.6 Å². The second-order valence-corrected chi connectivity index (χ2v) is 6.73. The largest absolute Gasteiger partial charge is 0.454 e. The fourth-order valence-electron chi connectivity index (χ4n) is 2.42. The number of aryl methyl sites for hydroxylation is 2.